The number of aryl methyl sites for hydroxylation is 1. The molecule has 18 heavy (non-hydrogen) atoms. The van der Waals surface area contributed by atoms with Crippen molar-refractivity contribution in [3.63, 3.8) is 0 Å². The summed E-state index contributed by atoms with van der Waals surface area (Å²) in [5, 5.41) is 17.8. The number of rotatable bonds is 4. The van der Waals surface area contributed by atoms with E-state index in [1.165, 1.54) is 0 Å². The Labute approximate surface area is 123 Å². The maximum Gasteiger partial charge on any atom is 0.104 e. The van der Waals surface area contributed by atoms with E-state index in [1.807, 2.05) is 0 Å². The van der Waals surface area contributed by atoms with E-state index in [0.717, 1.165) is 10.2 Å². The molecule has 0 saturated heterocycles. The lowest BCUT2D eigenvalue weighted by Crippen LogP contribution is -1.97. The lowest BCUT2D eigenvalue weighted by atomic mass is 10.2. The summed E-state index contributed by atoms with van der Waals surface area (Å²) >= 11 is 15.6. The molecule has 0 bridgehead atoms. The molecular weight excluding hydrogens is 341 g/mol. The second-order valence-corrected chi connectivity index (χ2v) is 5.43. The van der Waals surface area contributed by atoms with Crippen molar-refractivity contribution < 1.29 is 5.11 Å². The second kappa shape index (κ2) is 6.02. The van der Waals surface area contributed by atoms with E-state index in [2.05, 4.69) is 26.2 Å². The van der Waals surface area contributed by atoms with Crippen molar-refractivity contribution in [2.75, 3.05) is 6.61 Å². The molecule has 1 aromatic carbocycles. The van der Waals surface area contributed by atoms with Crippen molar-refractivity contribution in [3.05, 3.63) is 38.5 Å². The molecule has 0 spiro atoms. The third-order valence-electron chi connectivity index (χ3n) is 2.34. The van der Waals surface area contributed by atoms with E-state index in [1.54, 1.807) is 23.0 Å². The zero-order valence-corrected chi connectivity index (χ0v) is 12.4. The molecule has 2 aromatic rings. The molecule has 0 unspecified atom stereocenters. The normalized spacial score (nSPS) is 10.9. The average molecular weight is 351 g/mol. The van der Waals surface area contributed by atoms with Crippen LogP contribution in [0, 0.1) is 0 Å². The molecule has 1 aromatic heterocycles. The molecule has 7 heteroatoms. The number of aliphatic hydroxyl groups is 1. The summed E-state index contributed by atoms with van der Waals surface area (Å²) in [6, 6.07) is 3.50. The first kappa shape index (κ1) is 13.8. The first-order chi connectivity index (χ1) is 8.61. The number of benzene rings is 1. The predicted octanol–water partition coefficient (Wildman–Crippen LogP) is 3.26. The average Bonchev–Trinajstić information content (AvgIpc) is 2.73. The Morgan fingerprint density at radius 1 is 1.28 bits per heavy atom. The van der Waals surface area contributed by atoms with Crippen LogP contribution in [-0.2, 0) is 6.42 Å². The fourth-order valence-electron chi connectivity index (χ4n) is 1.54. The number of hydrogen-bond donors (Lipinski definition) is 1. The number of halogens is 3. The van der Waals surface area contributed by atoms with Crippen LogP contribution in [0.15, 0.2) is 22.8 Å². The van der Waals surface area contributed by atoms with Gasteiger partial charge in [-0.1, -0.05) is 44.3 Å². The van der Waals surface area contributed by atoms with Crippen LogP contribution in [0.1, 0.15) is 12.1 Å². The Hall–Kier alpha value is -0.620. The maximum absolute atomic E-state index is 8.77. The highest BCUT2D eigenvalue weighted by molar-refractivity contribution is 9.10. The number of hydrogen-bond acceptors (Lipinski definition) is 3. The molecule has 0 saturated carbocycles. The summed E-state index contributed by atoms with van der Waals surface area (Å²) in [6.07, 6.45) is 3.08. The fourth-order valence-corrected chi connectivity index (χ4v) is 2.92. The lowest BCUT2D eigenvalue weighted by Gasteiger charge is -2.06. The van der Waals surface area contributed by atoms with Gasteiger partial charge in [0, 0.05) is 11.1 Å². The van der Waals surface area contributed by atoms with Crippen LogP contribution >= 0.6 is 39.1 Å². The van der Waals surface area contributed by atoms with Crippen molar-refractivity contribution in [3.8, 4) is 5.69 Å². The van der Waals surface area contributed by atoms with Crippen molar-refractivity contribution in [2.24, 2.45) is 0 Å². The summed E-state index contributed by atoms with van der Waals surface area (Å²) in [6.45, 7) is 0.132. The topological polar surface area (TPSA) is 50.9 Å². The molecule has 1 N–H and O–H groups in total. The Balaban J connectivity index is 2.34. The molecule has 0 atom stereocenters. The van der Waals surface area contributed by atoms with Crippen molar-refractivity contribution in [1.82, 2.24) is 15.0 Å². The highest BCUT2D eigenvalue weighted by atomic mass is 79.9. The van der Waals surface area contributed by atoms with Gasteiger partial charge in [-0.05, 0) is 25.0 Å². The Morgan fingerprint density at radius 2 is 1.94 bits per heavy atom. The SMILES string of the molecule is OCCCc1cn(-c2c(Cl)cc(Br)cc2Cl)nn1. The third-order valence-corrected chi connectivity index (χ3v) is 3.38. The number of aromatic nitrogens is 3. The minimum atomic E-state index is 0.132. The molecule has 0 radical (unpaired) electrons. The first-order valence-electron chi connectivity index (χ1n) is 5.29. The third kappa shape index (κ3) is 3.03. The molecule has 2 rings (SSSR count). The molecule has 0 fully saturated rings. The van der Waals surface area contributed by atoms with Gasteiger partial charge in [0.25, 0.3) is 0 Å². The molecular formula is C11H10BrCl2N3O. The van der Waals surface area contributed by atoms with Gasteiger partial charge in [0.2, 0.25) is 0 Å². The van der Waals surface area contributed by atoms with Crippen LogP contribution in [0.3, 0.4) is 0 Å². The van der Waals surface area contributed by atoms with Gasteiger partial charge in [-0.2, -0.15) is 0 Å². The van der Waals surface area contributed by atoms with Crippen molar-refractivity contribution >= 4 is 39.1 Å². The molecule has 0 aliphatic carbocycles. The Bertz CT molecular complexity index is 536. The quantitative estimate of drug-likeness (QED) is 0.920. The lowest BCUT2D eigenvalue weighted by molar-refractivity contribution is 0.288. The molecule has 0 amide bonds. The summed E-state index contributed by atoms with van der Waals surface area (Å²) in [5.41, 5.74) is 1.39. The van der Waals surface area contributed by atoms with Crippen LogP contribution in [0.25, 0.3) is 5.69 Å². The largest absolute Gasteiger partial charge is 0.396 e. The maximum atomic E-state index is 8.77. The molecule has 0 aliphatic rings. The van der Waals surface area contributed by atoms with Crippen molar-refractivity contribution in [1.29, 1.82) is 0 Å². The van der Waals surface area contributed by atoms with E-state index in [-0.39, 0.29) is 6.61 Å². The Morgan fingerprint density at radius 3 is 2.56 bits per heavy atom. The van der Waals surface area contributed by atoms with E-state index < -0.39 is 0 Å². The van der Waals surface area contributed by atoms with Gasteiger partial charge in [-0.15, -0.1) is 5.10 Å². The van der Waals surface area contributed by atoms with Crippen LogP contribution in [-0.4, -0.2) is 26.7 Å². The summed E-state index contributed by atoms with van der Waals surface area (Å²) in [5.74, 6) is 0. The van der Waals surface area contributed by atoms with Gasteiger partial charge >= 0.3 is 0 Å². The molecule has 1 heterocycles. The predicted molar refractivity (Wildman–Crippen MR) is 74.5 cm³/mol. The summed E-state index contributed by atoms with van der Waals surface area (Å²) in [7, 11) is 0. The smallest absolute Gasteiger partial charge is 0.104 e. The van der Waals surface area contributed by atoms with Crippen LogP contribution < -0.4 is 0 Å². The molecule has 0 aliphatic heterocycles. The number of aliphatic hydroxyl groups excluding tert-OH is 1. The number of nitrogens with zero attached hydrogens (tertiary/aromatic N) is 3. The molecule has 4 nitrogen and oxygen atoms in total. The van der Waals surface area contributed by atoms with Gasteiger partial charge in [-0.25, -0.2) is 4.68 Å². The van der Waals surface area contributed by atoms with Gasteiger partial charge in [-0.3, -0.25) is 0 Å². The van der Waals surface area contributed by atoms with Gasteiger partial charge in [0.15, 0.2) is 0 Å². The van der Waals surface area contributed by atoms with Gasteiger partial charge < -0.3 is 5.11 Å². The fraction of sp³-hybridized carbons (Fsp3) is 0.273. The van der Waals surface area contributed by atoms with E-state index in [9.17, 15) is 0 Å². The molecule has 96 valence electrons. The first-order valence-corrected chi connectivity index (χ1v) is 6.83. The monoisotopic (exact) mass is 349 g/mol. The Kier molecular flexibility index (Phi) is 4.61. The van der Waals surface area contributed by atoms with Crippen molar-refractivity contribution in [2.45, 2.75) is 12.8 Å². The van der Waals surface area contributed by atoms with Crippen LogP contribution in [0.5, 0.6) is 0 Å². The van der Waals surface area contributed by atoms with Crippen LogP contribution in [0.2, 0.25) is 10.0 Å². The highest BCUT2D eigenvalue weighted by Gasteiger charge is 2.12. The van der Waals surface area contributed by atoms with Gasteiger partial charge in [0.1, 0.15) is 5.69 Å². The zero-order chi connectivity index (χ0) is 13.1. The minimum absolute atomic E-state index is 0.132. The second-order valence-electron chi connectivity index (χ2n) is 3.70. The summed E-state index contributed by atoms with van der Waals surface area (Å²) in [4.78, 5) is 0. The standard InChI is InChI=1S/C11H10BrCl2N3O/c12-7-4-9(13)11(10(14)5-7)17-6-8(15-16-17)2-1-3-18/h4-6,18H,1-3H2. The summed E-state index contributed by atoms with van der Waals surface area (Å²) < 4.78 is 2.35. The van der Waals surface area contributed by atoms with E-state index in [0.29, 0.717) is 28.6 Å². The highest BCUT2D eigenvalue weighted by Crippen LogP contribution is 2.31. The zero-order valence-electron chi connectivity index (χ0n) is 9.28. The van der Waals surface area contributed by atoms with Crippen LogP contribution in [0.4, 0.5) is 0 Å². The minimum Gasteiger partial charge on any atom is -0.396 e. The van der Waals surface area contributed by atoms with E-state index in [4.69, 9.17) is 28.3 Å². The van der Waals surface area contributed by atoms with E-state index >= 15 is 0 Å². The van der Waals surface area contributed by atoms with Gasteiger partial charge in [0.05, 0.1) is 21.9 Å².